The first-order valence-corrected chi connectivity index (χ1v) is 8.63. The van der Waals surface area contributed by atoms with E-state index in [4.69, 9.17) is 16.7 Å². The smallest absolute Gasteiger partial charge is 0.243 e. The molecule has 21 heavy (non-hydrogen) atoms. The van der Waals surface area contributed by atoms with Gasteiger partial charge in [-0.3, -0.25) is 0 Å². The summed E-state index contributed by atoms with van der Waals surface area (Å²) in [4.78, 5) is 0.644. The second-order valence-electron chi connectivity index (χ2n) is 4.38. The second-order valence-corrected chi connectivity index (χ2v) is 7.83. The molecule has 0 unspecified atom stereocenters. The molecular weight excluding hydrogens is 337 g/mol. The third-order valence-electron chi connectivity index (χ3n) is 2.91. The number of sulfonamides is 1. The van der Waals surface area contributed by atoms with Crippen LogP contribution in [-0.2, 0) is 23.2 Å². The lowest BCUT2D eigenvalue weighted by atomic mass is 10.2. The monoisotopic (exact) mass is 349 g/mol. The van der Waals surface area contributed by atoms with Crippen molar-refractivity contribution in [2.75, 3.05) is 7.05 Å². The summed E-state index contributed by atoms with van der Waals surface area (Å²) in [6.45, 7) is -0.341. The van der Waals surface area contributed by atoms with Crippen LogP contribution in [0.2, 0.25) is 5.02 Å². The van der Waals surface area contributed by atoms with E-state index in [2.05, 4.69) is 0 Å². The van der Waals surface area contributed by atoms with E-state index >= 15 is 0 Å². The van der Waals surface area contributed by atoms with Crippen LogP contribution >= 0.6 is 22.9 Å². The van der Waals surface area contributed by atoms with Gasteiger partial charge in [-0.25, -0.2) is 12.8 Å². The van der Waals surface area contributed by atoms with Gasteiger partial charge in [0.15, 0.2) is 0 Å². The predicted molar refractivity (Wildman–Crippen MR) is 80.3 cm³/mol. The number of rotatable bonds is 5. The van der Waals surface area contributed by atoms with Gasteiger partial charge in [0.1, 0.15) is 5.82 Å². The van der Waals surface area contributed by atoms with E-state index in [1.54, 1.807) is 0 Å². The zero-order valence-electron chi connectivity index (χ0n) is 11.1. The summed E-state index contributed by atoms with van der Waals surface area (Å²) >= 11 is 7.10. The van der Waals surface area contributed by atoms with Crippen LogP contribution < -0.4 is 0 Å². The molecule has 0 saturated heterocycles. The number of hydrogen-bond acceptors (Lipinski definition) is 4. The molecule has 0 atom stereocenters. The minimum absolute atomic E-state index is 0.0414. The van der Waals surface area contributed by atoms with Gasteiger partial charge in [-0.1, -0.05) is 17.7 Å². The molecule has 1 aromatic carbocycles. The normalized spacial score (nSPS) is 12.0. The van der Waals surface area contributed by atoms with Crippen molar-refractivity contribution < 1.29 is 17.9 Å². The Balaban J connectivity index is 2.37. The van der Waals surface area contributed by atoms with Crippen molar-refractivity contribution in [2.24, 2.45) is 0 Å². The summed E-state index contributed by atoms with van der Waals surface area (Å²) in [5, 5.41) is 10.7. The molecule has 0 saturated carbocycles. The second kappa shape index (κ2) is 6.41. The number of benzene rings is 1. The van der Waals surface area contributed by atoms with Gasteiger partial charge in [0.25, 0.3) is 0 Å². The Hall–Kier alpha value is -0.990. The molecule has 0 aliphatic carbocycles. The highest BCUT2D eigenvalue weighted by molar-refractivity contribution is 7.89. The molecule has 4 nitrogen and oxygen atoms in total. The molecule has 2 aromatic rings. The summed E-state index contributed by atoms with van der Waals surface area (Å²) in [6, 6.07) is 5.69. The average molecular weight is 350 g/mol. The molecule has 0 amide bonds. The Bertz CT molecular complexity index is 732. The average Bonchev–Trinajstić information content (AvgIpc) is 2.94. The van der Waals surface area contributed by atoms with Crippen molar-refractivity contribution in [1.82, 2.24) is 4.31 Å². The van der Waals surface area contributed by atoms with E-state index in [9.17, 15) is 12.8 Å². The van der Waals surface area contributed by atoms with Gasteiger partial charge in [0, 0.05) is 24.0 Å². The third kappa shape index (κ3) is 3.44. The first-order valence-electron chi connectivity index (χ1n) is 5.93. The predicted octanol–water partition coefficient (Wildman–Crippen LogP) is 2.85. The van der Waals surface area contributed by atoms with Gasteiger partial charge >= 0.3 is 0 Å². The first-order chi connectivity index (χ1) is 9.86. The first kappa shape index (κ1) is 16.4. The van der Waals surface area contributed by atoms with Crippen LogP contribution in [0.1, 0.15) is 10.4 Å². The number of hydrogen-bond donors (Lipinski definition) is 1. The summed E-state index contributed by atoms with van der Waals surface area (Å²) in [6.07, 6.45) is 0. The van der Waals surface area contributed by atoms with Crippen molar-refractivity contribution in [2.45, 2.75) is 18.0 Å². The summed E-state index contributed by atoms with van der Waals surface area (Å²) in [5.41, 5.74) is 0.0414. The quantitative estimate of drug-likeness (QED) is 0.903. The molecule has 0 radical (unpaired) electrons. The maximum atomic E-state index is 13.7. The molecule has 0 fully saturated rings. The van der Waals surface area contributed by atoms with Crippen LogP contribution in [0.4, 0.5) is 4.39 Å². The van der Waals surface area contributed by atoms with Crippen molar-refractivity contribution in [3.8, 4) is 0 Å². The largest absolute Gasteiger partial charge is 0.392 e. The SMILES string of the molecule is CN(Cc1cccs1)S(=O)(=O)c1cc(F)c(Cl)c(CO)c1. The third-order valence-corrected chi connectivity index (χ3v) is 5.98. The van der Waals surface area contributed by atoms with Gasteiger partial charge < -0.3 is 5.11 Å². The van der Waals surface area contributed by atoms with Crippen molar-refractivity contribution in [1.29, 1.82) is 0 Å². The zero-order valence-corrected chi connectivity index (χ0v) is 13.5. The standard InChI is InChI=1S/C13H13ClFNO3S2/c1-16(7-10-3-2-4-20-10)21(18,19)11-5-9(8-17)13(14)12(15)6-11/h2-6,17H,7-8H2,1H3. The Morgan fingerprint density at radius 1 is 1.43 bits per heavy atom. The highest BCUT2D eigenvalue weighted by Gasteiger charge is 2.24. The fourth-order valence-corrected chi connectivity index (χ4v) is 3.99. The maximum absolute atomic E-state index is 13.7. The number of thiophene rings is 1. The number of aliphatic hydroxyl groups is 1. The molecule has 0 spiro atoms. The minimum atomic E-state index is -3.86. The van der Waals surface area contributed by atoms with E-state index in [0.717, 1.165) is 15.2 Å². The molecule has 2 rings (SSSR count). The highest BCUT2D eigenvalue weighted by Crippen LogP contribution is 2.26. The van der Waals surface area contributed by atoms with Crippen LogP contribution in [-0.4, -0.2) is 24.9 Å². The van der Waals surface area contributed by atoms with Crippen LogP contribution in [0.3, 0.4) is 0 Å². The molecule has 0 bridgehead atoms. The fourth-order valence-electron chi connectivity index (χ4n) is 1.77. The van der Waals surface area contributed by atoms with E-state index in [0.29, 0.717) is 0 Å². The minimum Gasteiger partial charge on any atom is -0.392 e. The lowest BCUT2D eigenvalue weighted by Crippen LogP contribution is -2.26. The molecule has 114 valence electrons. The summed E-state index contributed by atoms with van der Waals surface area (Å²) < 4.78 is 39.7. The Labute approximate surface area is 131 Å². The van der Waals surface area contributed by atoms with E-state index in [-0.39, 0.29) is 22.0 Å². The zero-order chi connectivity index (χ0) is 15.6. The van der Waals surface area contributed by atoms with Gasteiger partial charge in [-0.05, 0) is 23.6 Å². The van der Waals surface area contributed by atoms with Gasteiger partial charge in [-0.2, -0.15) is 4.31 Å². The topological polar surface area (TPSA) is 57.6 Å². The van der Waals surface area contributed by atoms with Gasteiger partial charge in [-0.15, -0.1) is 11.3 Å². The summed E-state index contributed by atoms with van der Waals surface area (Å²) in [5.74, 6) is -0.869. The maximum Gasteiger partial charge on any atom is 0.243 e. The molecule has 1 heterocycles. The Kier molecular flexibility index (Phi) is 5.00. The number of nitrogens with zero attached hydrogens (tertiary/aromatic N) is 1. The van der Waals surface area contributed by atoms with Crippen molar-refractivity contribution >= 4 is 33.0 Å². The highest BCUT2D eigenvalue weighted by atomic mass is 35.5. The van der Waals surface area contributed by atoms with E-state index in [1.165, 1.54) is 24.5 Å². The van der Waals surface area contributed by atoms with Crippen LogP contribution in [0.15, 0.2) is 34.5 Å². The Morgan fingerprint density at radius 2 is 2.14 bits per heavy atom. The lowest BCUT2D eigenvalue weighted by Gasteiger charge is -2.17. The number of aliphatic hydroxyl groups excluding tert-OH is 1. The van der Waals surface area contributed by atoms with E-state index in [1.807, 2.05) is 17.5 Å². The van der Waals surface area contributed by atoms with Gasteiger partial charge in [0.2, 0.25) is 10.0 Å². The molecule has 1 N–H and O–H groups in total. The van der Waals surface area contributed by atoms with Crippen LogP contribution in [0.25, 0.3) is 0 Å². The summed E-state index contributed by atoms with van der Waals surface area (Å²) in [7, 11) is -2.44. The number of halogens is 2. The molecule has 1 aromatic heterocycles. The van der Waals surface area contributed by atoms with Crippen molar-refractivity contribution in [3.63, 3.8) is 0 Å². The molecule has 8 heteroatoms. The van der Waals surface area contributed by atoms with Crippen LogP contribution in [0.5, 0.6) is 0 Å². The molecule has 0 aliphatic heterocycles. The van der Waals surface area contributed by atoms with E-state index < -0.39 is 22.4 Å². The lowest BCUT2D eigenvalue weighted by molar-refractivity contribution is 0.281. The molecular formula is C13H13ClFNO3S2. The fraction of sp³-hybridized carbons (Fsp3) is 0.231. The van der Waals surface area contributed by atoms with Crippen molar-refractivity contribution in [3.05, 3.63) is 50.9 Å². The molecule has 0 aliphatic rings. The van der Waals surface area contributed by atoms with Crippen LogP contribution in [0, 0.1) is 5.82 Å². The Morgan fingerprint density at radius 3 is 2.71 bits per heavy atom. The van der Waals surface area contributed by atoms with Gasteiger partial charge in [0.05, 0.1) is 16.5 Å².